The molecule has 4 nitrogen and oxygen atoms in total. The molecule has 1 saturated heterocycles. The molecule has 0 atom stereocenters. The second-order valence-corrected chi connectivity index (χ2v) is 2.35. The highest BCUT2D eigenvalue weighted by Crippen LogP contribution is 1.99. The lowest BCUT2D eigenvalue weighted by molar-refractivity contribution is -0.139. The Morgan fingerprint density at radius 1 is 1.60 bits per heavy atom. The summed E-state index contributed by atoms with van der Waals surface area (Å²) >= 11 is 0. The first-order chi connectivity index (χ1) is 4.79. The van der Waals surface area contributed by atoms with Crippen molar-refractivity contribution >= 4 is 5.97 Å². The minimum atomic E-state index is -0.800. The zero-order valence-corrected chi connectivity index (χ0v) is 5.79. The first kappa shape index (κ1) is 7.50. The van der Waals surface area contributed by atoms with Crippen LogP contribution in [0, 0.1) is 0 Å². The van der Waals surface area contributed by atoms with E-state index < -0.39 is 5.97 Å². The van der Waals surface area contributed by atoms with E-state index in [1.54, 1.807) is 5.01 Å². The molecule has 4 heteroatoms. The maximum atomic E-state index is 10.2. The Kier molecular flexibility index (Phi) is 2.65. The molecule has 0 saturated carbocycles. The summed E-state index contributed by atoms with van der Waals surface area (Å²) in [5.74, 6) is -0.800. The van der Waals surface area contributed by atoms with Crippen LogP contribution in [0.5, 0.6) is 0 Å². The lowest BCUT2D eigenvalue weighted by Crippen LogP contribution is -2.40. The molecule has 10 heavy (non-hydrogen) atoms. The van der Waals surface area contributed by atoms with Gasteiger partial charge in [0.2, 0.25) is 0 Å². The van der Waals surface area contributed by atoms with Crippen molar-refractivity contribution in [3.05, 3.63) is 0 Å². The SMILES string of the molecule is O=C(O)CN1CCCC[N]1. The van der Waals surface area contributed by atoms with Crippen LogP contribution in [-0.2, 0) is 4.79 Å². The molecular formula is C6H11N2O2. The molecule has 0 aromatic heterocycles. The van der Waals surface area contributed by atoms with E-state index in [1.165, 1.54) is 0 Å². The predicted molar refractivity (Wildman–Crippen MR) is 35.4 cm³/mol. The molecule has 1 rings (SSSR count). The van der Waals surface area contributed by atoms with E-state index in [9.17, 15) is 4.79 Å². The number of nitrogens with zero attached hydrogens (tertiary/aromatic N) is 2. The molecule has 0 aromatic carbocycles. The van der Waals surface area contributed by atoms with Gasteiger partial charge in [0, 0.05) is 13.1 Å². The summed E-state index contributed by atoms with van der Waals surface area (Å²) in [7, 11) is 0. The van der Waals surface area contributed by atoms with E-state index in [-0.39, 0.29) is 6.54 Å². The maximum Gasteiger partial charge on any atom is 0.319 e. The van der Waals surface area contributed by atoms with Crippen molar-refractivity contribution in [2.45, 2.75) is 12.8 Å². The maximum absolute atomic E-state index is 10.2. The fourth-order valence-electron chi connectivity index (χ4n) is 0.974. The van der Waals surface area contributed by atoms with Gasteiger partial charge in [-0.3, -0.25) is 4.79 Å². The van der Waals surface area contributed by atoms with Crippen LogP contribution < -0.4 is 5.43 Å². The molecule has 0 spiro atoms. The third kappa shape index (κ3) is 2.33. The third-order valence-electron chi connectivity index (χ3n) is 1.44. The van der Waals surface area contributed by atoms with Crippen LogP contribution >= 0.6 is 0 Å². The minimum absolute atomic E-state index is 0.0556. The molecule has 1 fully saturated rings. The van der Waals surface area contributed by atoms with E-state index in [0.717, 1.165) is 25.9 Å². The number of rotatable bonds is 2. The zero-order valence-electron chi connectivity index (χ0n) is 5.79. The number of carboxylic acids is 1. The topological polar surface area (TPSA) is 54.6 Å². The van der Waals surface area contributed by atoms with Crippen LogP contribution in [-0.4, -0.2) is 35.7 Å². The summed E-state index contributed by atoms with van der Waals surface area (Å²) in [5.41, 5.74) is 4.02. The van der Waals surface area contributed by atoms with Gasteiger partial charge in [-0.2, -0.15) is 5.43 Å². The van der Waals surface area contributed by atoms with E-state index in [0.29, 0.717) is 0 Å². The van der Waals surface area contributed by atoms with Gasteiger partial charge in [0.05, 0.1) is 0 Å². The lowest BCUT2D eigenvalue weighted by Gasteiger charge is -2.23. The number of aliphatic carboxylic acids is 1. The van der Waals surface area contributed by atoms with Crippen molar-refractivity contribution in [1.82, 2.24) is 10.4 Å². The Morgan fingerprint density at radius 2 is 2.40 bits per heavy atom. The normalized spacial score (nSPS) is 20.8. The Balaban J connectivity index is 2.19. The summed E-state index contributed by atoms with van der Waals surface area (Å²) in [5, 5.41) is 9.98. The first-order valence-corrected chi connectivity index (χ1v) is 3.43. The van der Waals surface area contributed by atoms with Gasteiger partial charge in [0.1, 0.15) is 6.54 Å². The van der Waals surface area contributed by atoms with E-state index in [1.807, 2.05) is 0 Å². The number of carbonyl (C=O) groups is 1. The molecule has 1 N–H and O–H groups in total. The lowest BCUT2D eigenvalue weighted by atomic mass is 10.3. The molecule has 0 unspecified atom stereocenters. The Labute approximate surface area is 59.8 Å². The molecule has 0 bridgehead atoms. The highest BCUT2D eigenvalue weighted by Gasteiger charge is 2.12. The van der Waals surface area contributed by atoms with Gasteiger partial charge in [-0.25, -0.2) is 5.01 Å². The molecule has 0 aromatic rings. The molecule has 0 aliphatic carbocycles. The predicted octanol–water partition coefficient (Wildman–Crippen LogP) is -0.314. The second kappa shape index (κ2) is 3.53. The Hall–Kier alpha value is -0.610. The third-order valence-corrected chi connectivity index (χ3v) is 1.44. The highest BCUT2D eigenvalue weighted by molar-refractivity contribution is 5.68. The highest BCUT2D eigenvalue weighted by atomic mass is 16.4. The summed E-state index contributed by atoms with van der Waals surface area (Å²) in [6.45, 7) is 1.64. The van der Waals surface area contributed by atoms with Crippen molar-refractivity contribution in [2.75, 3.05) is 19.6 Å². The van der Waals surface area contributed by atoms with Crippen LogP contribution in [0.1, 0.15) is 12.8 Å². The fraction of sp³-hybridized carbons (Fsp3) is 0.833. The van der Waals surface area contributed by atoms with Crippen molar-refractivity contribution in [3.63, 3.8) is 0 Å². The molecular weight excluding hydrogens is 132 g/mol. The fourth-order valence-corrected chi connectivity index (χ4v) is 0.974. The van der Waals surface area contributed by atoms with Crippen LogP contribution in [0.4, 0.5) is 0 Å². The number of hydrogen-bond acceptors (Lipinski definition) is 2. The largest absolute Gasteiger partial charge is 0.480 e. The van der Waals surface area contributed by atoms with E-state index >= 15 is 0 Å². The monoisotopic (exact) mass is 143 g/mol. The number of hydrogen-bond donors (Lipinski definition) is 1. The van der Waals surface area contributed by atoms with E-state index in [4.69, 9.17) is 5.11 Å². The zero-order chi connectivity index (χ0) is 7.40. The van der Waals surface area contributed by atoms with Gasteiger partial charge < -0.3 is 5.11 Å². The average molecular weight is 143 g/mol. The van der Waals surface area contributed by atoms with Gasteiger partial charge >= 0.3 is 5.97 Å². The molecule has 1 radical (unpaired) electrons. The molecule has 1 aliphatic rings. The molecule has 1 aliphatic heterocycles. The van der Waals surface area contributed by atoms with Crippen molar-refractivity contribution in [3.8, 4) is 0 Å². The van der Waals surface area contributed by atoms with Gasteiger partial charge in [-0.05, 0) is 12.8 Å². The van der Waals surface area contributed by atoms with Gasteiger partial charge in [0.25, 0.3) is 0 Å². The standard InChI is InChI=1S/C6H11N2O2/c9-6(10)5-8-4-2-1-3-7-8/h1-5H2,(H,9,10). The Bertz CT molecular complexity index is 121. The van der Waals surface area contributed by atoms with E-state index in [2.05, 4.69) is 5.43 Å². The van der Waals surface area contributed by atoms with Gasteiger partial charge in [0.15, 0.2) is 0 Å². The first-order valence-electron chi connectivity index (χ1n) is 3.43. The number of carboxylic acid groups (broad SMARTS) is 1. The quantitative estimate of drug-likeness (QED) is 0.576. The van der Waals surface area contributed by atoms with Crippen LogP contribution in [0.2, 0.25) is 0 Å². The van der Waals surface area contributed by atoms with Crippen LogP contribution in [0.15, 0.2) is 0 Å². The van der Waals surface area contributed by atoms with Crippen molar-refractivity contribution < 1.29 is 9.90 Å². The molecule has 0 amide bonds. The molecule has 1 heterocycles. The summed E-state index contributed by atoms with van der Waals surface area (Å²) in [6.07, 6.45) is 2.16. The van der Waals surface area contributed by atoms with Gasteiger partial charge in [-0.1, -0.05) is 0 Å². The van der Waals surface area contributed by atoms with Gasteiger partial charge in [-0.15, -0.1) is 0 Å². The average Bonchev–Trinajstić information content (AvgIpc) is 1.88. The van der Waals surface area contributed by atoms with Crippen LogP contribution in [0.3, 0.4) is 0 Å². The van der Waals surface area contributed by atoms with Crippen molar-refractivity contribution in [1.29, 1.82) is 0 Å². The smallest absolute Gasteiger partial charge is 0.319 e. The molecule has 57 valence electrons. The summed E-state index contributed by atoms with van der Waals surface area (Å²) < 4.78 is 0. The van der Waals surface area contributed by atoms with Crippen LogP contribution in [0.25, 0.3) is 0 Å². The summed E-state index contributed by atoms with van der Waals surface area (Å²) in [6, 6.07) is 0. The second-order valence-electron chi connectivity index (χ2n) is 2.35. The summed E-state index contributed by atoms with van der Waals surface area (Å²) in [4.78, 5) is 10.2. The minimum Gasteiger partial charge on any atom is -0.480 e. The Morgan fingerprint density at radius 3 is 2.90 bits per heavy atom. The van der Waals surface area contributed by atoms with Crippen molar-refractivity contribution in [2.24, 2.45) is 0 Å².